The molecule has 134 valence electrons. The van der Waals surface area contributed by atoms with Gasteiger partial charge in [-0.1, -0.05) is 13.0 Å². The first-order valence-corrected chi connectivity index (χ1v) is 9.50. The average molecular weight is 360 g/mol. The zero-order chi connectivity index (χ0) is 17.8. The Balaban J connectivity index is 1.73. The largest absolute Gasteiger partial charge is 0.493 e. The highest BCUT2D eigenvalue weighted by Gasteiger charge is 2.28. The number of piperidine rings is 1. The highest BCUT2D eigenvalue weighted by Crippen LogP contribution is 2.34. The molecule has 2 aliphatic heterocycles. The first-order chi connectivity index (χ1) is 12.1. The highest BCUT2D eigenvalue weighted by atomic mass is 32.2. The number of nitrogens with zero attached hydrogens (tertiary/aromatic N) is 2. The normalized spacial score (nSPS) is 20.1. The van der Waals surface area contributed by atoms with Crippen LogP contribution in [-0.2, 0) is 4.79 Å². The lowest BCUT2D eigenvalue weighted by Crippen LogP contribution is -2.35. The predicted molar refractivity (Wildman–Crippen MR) is 102 cm³/mol. The van der Waals surface area contributed by atoms with Gasteiger partial charge in [-0.15, -0.1) is 0 Å². The van der Waals surface area contributed by atoms with Crippen molar-refractivity contribution in [2.75, 3.05) is 26.8 Å². The van der Waals surface area contributed by atoms with Gasteiger partial charge >= 0.3 is 0 Å². The minimum absolute atomic E-state index is 0.161. The molecule has 6 heteroatoms. The van der Waals surface area contributed by atoms with Gasteiger partial charge in [-0.25, -0.2) is 0 Å². The first-order valence-electron chi connectivity index (χ1n) is 8.69. The number of thioether (sulfide) groups is 1. The van der Waals surface area contributed by atoms with E-state index in [1.165, 1.54) is 11.8 Å². The fraction of sp³-hybridized carbons (Fsp3) is 0.474. The lowest BCUT2D eigenvalue weighted by atomic mass is 10.00. The minimum Gasteiger partial charge on any atom is -0.493 e. The fourth-order valence-electron chi connectivity index (χ4n) is 2.93. The second-order valence-electron chi connectivity index (χ2n) is 6.32. The van der Waals surface area contributed by atoms with Crippen molar-refractivity contribution in [3.8, 4) is 11.5 Å². The third-order valence-corrected chi connectivity index (χ3v) is 5.49. The van der Waals surface area contributed by atoms with Gasteiger partial charge in [0.2, 0.25) is 0 Å². The van der Waals surface area contributed by atoms with Crippen molar-refractivity contribution < 1.29 is 14.3 Å². The molecule has 2 heterocycles. The van der Waals surface area contributed by atoms with Gasteiger partial charge in [0.25, 0.3) is 5.91 Å². The quantitative estimate of drug-likeness (QED) is 0.765. The molecule has 1 aromatic rings. The summed E-state index contributed by atoms with van der Waals surface area (Å²) in [5.74, 6) is 1.96. The van der Waals surface area contributed by atoms with Gasteiger partial charge in [0.1, 0.15) is 0 Å². The van der Waals surface area contributed by atoms with Crippen LogP contribution in [0.5, 0.6) is 11.5 Å². The number of hydrogen-bond acceptors (Lipinski definition) is 5. The maximum Gasteiger partial charge on any atom is 0.286 e. The molecule has 25 heavy (non-hydrogen) atoms. The number of benzene rings is 1. The monoisotopic (exact) mass is 360 g/mol. The minimum atomic E-state index is -0.161. The SMILES string of the molecule is CCOc1ccc(/C=C2/SC(N3CCC(C)CC3)=NC2=O)cc1OC. The zero-order valence-corrected chi connectivity index (χ0v) is 15.8. The molecule has 0 aromatic heterocycles. The van der Waals surface area contributed by atoms with Gasteiger partial charge in [0.15, 0.2) is 16.7 Å². The van der Waals surface area contributed by atoms with E-state index in [1.807, 2.05) is 31.2 Å². The summed E-state index contributed by atoms with van der Waals surface area (Å²) < 4.78 is 10.9. The Kier molecular flexibility index (Phi) is 5.68. The Labute approximate surface area is 153 Å². The number of hydrogen-bond donors (Lipinski definition) is 0. The van der Waals surface area contributed by atoms with Crippen LogP contribution >= 0.6 is 11.8 Å². The summed E-state index contributed by atoms with van der Waals surface area (Å²) >= 11 is 1.46. The van der Waals surface area contributed by atoms with Crippen molar-refractivity contribution in [3.63, 3.8) is 0 Å². The summed E-state index contributed by atoms with van der Waals surface area (Å²) in [7, 11) is 1.61. The van der Waals surface area contributed by atoms with Crippen molar-refractivity contribution in [1.82, 2.24) is 4.90 Å². The van der Waals surface area contributed by atoms with Gasteiger partial charge in [0, 0.05) is 13.1 Å². The van der Waals surface area contributed by atoms with Gasteiger partial charge < -0.3 is 14.4 Å². The van der Waals surface area contributed by atoms with Gasteiger partial charge in [-0.3, -0.25) is 4.79 Å². The Hall–Kier alpha value is -1.95. The molecule has 0 radical (unpaired) electrons. The Morgan fingerprint density at radius 2 is 2.08 bits per heavy atom. The maximum absolute atomic E-state index is 12.3. The molecule has 0 unspecified atom stereocenters. The molecule has 0 bridgehead atoms. The third-order valence-electron chi connectivity index (χ3n) is 4.45. The van der Waals surface area contributed by atoms with E-state index in [1.54, 1.807) is 7.11 Å². The molecule has 1 amide bonds. The Morgan fingerprint density at radius 1 is 1.32 bits per heavy atom. The summed E-state index contributed by atoms with van der Waals surface area (Å²) in [5.41, 5.74) is 0.903. The smallest absolute Gasteiger partial charge is 0.286 e. The Morgan fingerprint density at radius 3 is 2.76 bits per heavy atom. The van der Waals surface area contributed by atoms with Gasteiger partial charge in [0.05, 0.1) is 18.6 Å². The van der Waals surface area contributed by atoms with E-state index >= 15 is 0 Å². The lowest BCUT2D eigenvalue weighted by molar-refractivity contribution is -0.113. The predicted octanol–water partition coefficient (Wildman–Crippen LogP) is 3.80. The van der Waals surface area contributed by atoms with Crippen molar-refractivity contribution >= 4 is 28.9 Å². The maximum atomic E-state index is 12.3. The van der Waals surface area contributed by atoms with E-state index < -0.39 is 0 Å². The van der Waals surface area contributed by atoms with Crippen LogP contribution < -0.4 is 9.47 Å². The molecule has 0 N–H and O–H groups in total. The zero-order valence-electron chi connectivity index (χ0n) is 14.9. The molecule has 1 aromatic carbocycles. The standard InChI is InChI=1S/C19H24N2O3S/c1-4-24-15-6-5-14(11-16(15)23-3)12-17-18(22)20-19(25-17)21-9-7-13(2)8-10-21/h5-6,11-13H,4,7-10H2,1-3H3/b17-12+. The Bertz CT molecular complexity index is 707. The van der Waals surface area contributed by atoms with E-state index in [0.717, 1.165) is 42.6 Å². The lowest BCUT2D eigenvalue weighted by Gasteiger charge is -2.30. The summed E-state index contributed by atoms with van der Waals surface area (Å²) in [6, 6.07) is 5.67. The number of carbonyl (C=O) groups is 1. The average Bonchev–Trinajstić information content (AvgIpc) is 2.97. The van der Waals surface area contributed by atoms with Crippen LogP contribution in [0, 0.1) is 5.92 Å². The number of ether oxygens (including phenoxy) is 2. The van der Waals surface area contributed by atoms with Gasteiger partial charge in [-0.05, 0) is 61.2 Å². The molecule has 0 aliphatic carbocycles. The van der Waals surface area contributed by atoms with Crippen LogP contribution in [0.15, 0.2) is 28.1 Å². The number of likely N-dealkylation sites (tertiary alicyclic amines) is 1. The fourth-order valence-corrected chi connectivity index (χ4v) is 3.90. The van der Waals surface area contributed by atoms with Crippen LogP contribution in [-0.4, -0.2) is 42.8 Å². The van der Waals surface area contributed by atoms with Crippen molar-refractivity contribution in [1.29, 1.82) is 0 Å². The summed E-state index contributed by atoms with van der Waals surface area (Å²) in [5, 5.41) is 0.834. The summed E-state index contributed by atoms with van der Waals surface area (Å²) in [6.07, 6.45) is 4.18. The second kappa shape index (κ2) is 7.95. The molecular formula is C19H24N2O3S. The number of amides is 1. The van der Waals surface area contributed by atoms with Crippen LogP contribution in [0.3, 0.4) is 0 Å². The van der Waals surface area contributed by atoms with Crippen LogP contribution in [0.25, 0.3) is 6.08 Å². The topological polar surface area (TPSA) is 51.1 Å². The second-order valence-corrected chi connectivity index (χ2v) is 7.33. The molecule has 0 atom stereocenters. The van der Waals surface area contributed by atoms with Crippen molar-refractivity contribution in [2.45, 2.75) is 26.7 Å². The molecule has 3 rings (SSSR count). The molecular weight excluding hydrogens is 336 g/mol. The molecule has 0 saturated carbocycles. The number of aliphatic imine (C=N–C) groups is 1. The third kappa shape index (κ3) is 4.18. The van der Waals surface area contributed by atoms with E-state index in [-0.39, 0.29) is 5.91 Å². The molecule has 1 saturated heterocycles. The van der Waals surface area contributed by atoms with Crippen LogP contribution in [0.2, 0.25) is 0 Å². The van der Waals surface area contributed by atoms with Crippen LogP contribution in [0.4, 0.5) is 0 Å². The summed E-state index contributed by atoms with van der Waals surface area (Å²) in [4.78, 5) is 19.4. The molecule has 0 spiro atoms. The van der Waals surface area contributed by atoms with E-state index in [2.05, 4.69) is 16.8 Å². The van der Waals surface area contributed by atoms with Crippen LogP contribution in [0.1, 0.15) is 32.3 Å². The number of carbonyl (C=O) groups excluding carboxylic acids is 1. The molecule has 2 aliphatic rings. The molecule has 5 nitrogen and oxygen atoms in total. The number of amidine groups is 1. The first kappa shape index (κ1) is 17.9. The summed E-state index contributed by atoms with van der Waals surface area (Å²) in [6.45, 7) is 6.74. The number of rotatable bonds is 4. The molecule has 1 fully saturated rings. The van der Waals surface area contributed by atoms with Crippen molar-refractivity contribution in [2.24, 2.45) is 10.9 Å². The number of methoxy groups -OCH3 is 1. The van der Waals surface area contributed by atoms with Crippen molar-refractivity contribution in [3.05, 3.63) is 28.7 Å². The van der Waals surface area contributed by atoms with E-state index in [0.29, 0.717) is 23.0 Å². The van der Waals surface area contributed by atoms with E-state index in [9.17, 15) is 4.79 Å². The highest BCUT2D eigenvalue weighted by molar-refractivity contribution is 8.18. The van der Waals surface area contributed by atoms with E-state index in [4.69, 9.17) is 9.47 Å². The van der Waals surface area contributed by atoms with Gasteiger partial charge in [-0.2, -0.15) is 4.99 Å².